The molecule has 0 bridgehead atoms. The number of benzene rings is 2. The number of ether oxygens (including phenoxy) is 1. The van der Waals surface area contributed by atoms with Gasteiger partial charge in [-0.15, -0.1) is 0 Å². The van der Waals surface area contributed by atoms with Gasteiger partial charge < -0.3 is 15.0 Å². The van der Waals surface area contributed by atoms with Gasteiger partial charge in [0.15, 0.2) is 0 Å². The molecule has 0 aliphatic rings. The lowest BCUT2D eigenvalue weighted by atomic mass is 10.1. The SMILES string of the molecule is CCN(CC)CCOc1ccccc1CNC(=O)c1ccc(CN(CC)CC)cc1. The summed E-state index contributed by atoms with van der Waals surface area (Å²) in [5.74, 6) is 0.766. The zero-order valence-corrected chi connectivity index (χ0v) is 19.0. The van der Waals surface area contributed by atoms with Crippen LogP contribution in [0.3, 0.4) is 0 Å². The Morgan fingerprint density at radius 3 is 2.13 bits per heavy atom. The minimum atomic E-state index is -0.0673. The summed E-state index contributed by atoms with van der Waals surface area (Å²) in [6.45, 7) is 15.6. The van der Waals surface area contributed by atoms with Crippen LogP contribution < -0.4 is 10.1 Å². The van der Waals surface area contributed by atoms with E-state index < -0.39 is 0 Å². The van der Waals surface area contributed by atoms with Crippen LogP contribution in [0, 0.1) is 0 Å². The van der Waals surface area contributed by atoms with Crippen molar-refractivity contribution in [1.82, 2.24) is 15.1 Å². The Kier molecular flexibility index (Phi) is 10.4. The van der Waals surface area contributed by atoms with Crippen LogP contribution in [0.2, 0.25) is 0 Å². The summed E-state index contributed by atoms with van der Waals surface area (Å²) in [5, 5.41) is 3.02. The van der Waals surface area contributed by atoms with Crippen LogP contribution in [0.4, 0.5) is 0 Å². The molecule has 2 aromatic carbocycles. The fourth-order valence-corrected chi connectivity index (χ4v) is 3.36. The smallest absolute Gasteiger partial charge is 0.251 e. The van der Waals surface area contributed by atoms with Gasteiger partial charge in [0.2, 0.25) is 0 Å². The van der Waals surface area contributed by atoms with Crippen molar-refractivity contribution in [1.29, 1.82) is 0 Å². The molecule has 2 aromatic rings. The van der Waals surface area contributed by atoms with Gasteiger partial charge in [-0.3, -0.25) is 9.69 Å². The molecule has 0 aliphatic carbocycles. The number of likely N-dealkylation sites (N-methyl/N-ethyl adjacent to an activating group) is 1. The molecule has 1 amide bonds. The summed E-state index contributed by atoms with van der Waals surface area (Å²) >= 11 is 0. The number of hydrogen-bond donors (Lipinski definition) is 1. The maximum Gasteiger partial charge on any atom is 0.251 e. The van der Waals surface area contributed by atoms with Gasteiger partial charge in [0.1, 0.15) is 12.4 Å². The molecule has 164 valence electrons. The summed E-state index contributed by atoms with van der Waals surface area (Å²) < 4.78 is 5.99. The van der Waals surface area contributed by atoms with Crippen molar-refractivity contribution in [3.05, 3.63) is 65.2 Å². The number of amides is 1. The second-order valence-corrected chi connectivity index (χ2v) is 7.32. The third-order valence-corrected chi connectivity index (χ3v) is 5.49. The Balaban J connectivity index is 1.90. The highest BCUT2D eigenvalue weighted by molar-refractivity contribution is 5.94. The predicted octanol–water partition coefficient (Wildman–Crippen LogP) is 4.18. The van der Waals surface area contributed by atoms with E-state index in [9.17, 15) is 4.79 Å². The molecule has 30 heavy (non-hydrogen) atoms. The third-order valence-electron chi connectivity index (χ3n) is 5.49. The minimum Gasteiger partial charge on any atom is -0.492 e. The first-order valence-corrected chi connectivity index (χ1v) is 11.1. The quantitative estimate of drug-likeness (QED) is 0.537. The number of carbonyl (C=O) groups excluding carboxylic acids is 1. The van der Waals surface area contributed by atoms with E-state index in [4.69, 9.17) is 4.74 Å². The standard InChI is InChI=1S/C25H37N3O2/c1-5-27(6-2)17-18-30-24-12-10-9-11-23(24)19-26-25(29)22-15-13-21(14-16-22)20-28(7-3)8-4/h9-16H,5-8,17-20H2,1-4H3,(H,26,29). The highest BCUT2D eigenvalue weighted by atomic mass is 16.5. The van der Waals surface area contributed by atoms with Crippen LogP contribution in [-0.2, 0) is 13.1 Å². The summed E-state index contributed by atoms with van der Waals surface area (Å²) in [6, 6.07) is 15.8. The first kappa shape index (κ1) is 23.9. The van der Waals surface area contributed by atoms with Gasteiger partial charge >= 0.3 is 0 Å². The van der Waals surface area contributed by atoms with E-state index >= 15 is 0 Å². The van der Waals surface area contributed by atoms with E-state index in [2.05, 4.69) is 42.8 Å². The fraction of sp³-hybridized carbons (Fsp3) is 0.480. The molecule has 0 heterocycles. The van der Waals surface area contributed by atoms with Gasteiger partial charge in [0, 0.05) is 30.8 Å². The van der Waals surface area contributed by atoms with Crippen molar-refractivity contribution in [3.63, 3.8) is 0 Å². The molecule has 0 saturated carbocycles. The number of carbonyl (C=O) groups is 1. The Morgan fingerprint density at radius 1 is 0.867 bits per heavy atom. The second kappa shape index (κ2) is 13.0. The third kappa shape index (κ3) is 7.47. The maximum atomic E-state index is 12.6. The summed E-state index contributed by atoms with van der Waals surface area (Å²) in [5.41, 5.74) is 2.89. The van der Waals surface area contributed by atoms with Gasteiger partial charge in [-0.25, -0.2) is 0 Å². The molecule has 0 aromatic heterocycles. The maximum absolute atomic E-state index is 12.6. The number of rotatable bonds is 13. The molecule has 0 atom stereocenters. The van der Waals surface area contributed by atoms with Crippen LogP contribution >= 0.6 is 0 Å². The topological polar surface area (TPSA) is 44.8 Å². The fourth-order valence-electron chi connectivity index (χ4n) is 3.36. The Bertz CT molecular complexity index is 753. The Hall–Kier alpha value is -2.37. The summed E-state index contributed by atoms with van der Waals surface area (Å²) in [7, 11) is 0. The van der Waals surface area contributed by atoms with E-state index in [-0.39, 0.29) is 5.91 Å². The predicted molar refractivity (Wildman–Crippen MR) is 124 cm³/mol. The molecular formula is C25H37N3O2. The molecule has 0 saturated heterocycles. The Morgan fingerprint density at radius 2 is 1.50 bits per heavy atom. The monoisotopic (exact) mass is 411 g/mol. The number of para-hydroxylation sites is 1. The molecule has 5 heteroatoms. The van der Waals surface area contributed by atoms with Crippen LogP contribution in [0.5, 0.6) is 5.75 Å². The molecule has 2 rings (SSSR count). The van der Waals surface area contributed by atoms with Gasteiger partial charge in [-0.1, -0.05) is 58.0 Å². The van der Waals surface area contributed by atoms with Gasteiger partial charge in [-0.05, 0) is 49.9 Å². The van der Waals surface area contributed by atoms with Gasteiger partial charge in [0.05, 0.1) is 0 Å². The zero-order chi connectivity index (χ0) is 21.8. The van der Waals surface area contributed by atoms with Crippen molar-refractivity contribution in [2.45, 2.75) is 40.8 Å². The average molecular weight is 412 g/mol. The van der Waals surface area contributed by atoms with Gasteiger partial charge in [-0.2, -0.15) is 0 Å². The molecule has 0 unspecified atom stereocenters. The van der Waals surface area contributed by atoms with E-state index in [1.165, 1.54) is 5.56 Å². The van der Waals surface area contributed by atoms with Crippen molar-refractivity contribution >= 4 is 5.91 Å². The van der Waals surface area contributed by atoms with E-state index in [0.717, 1.165) is 50.6 Å². The van der Waals surface area contributed by atoms with Crippen molar-refractivity contribution in [2.24, 2.45) is 0 Å². The minimum absolute atomic E-state index is 0.0673. The highest BCUT2D eigenvalue weighted by Gasteiger charge is 2.09. The molecule has 0 radical (unpaired) electrons. The molecule has 0 spiro atoms. The van der Waals surface area contributed by atoms with E-state index in [1.54, 1.807) is 0 Å². The van der Waals surface area contributed by atoms with Crippen molar-refractivity contribution in [3.8, 4) is 5.75 Å². The highest BCUT2D eigenvalue weighted by Crippen LogP contribution is 2.18. The van der Waals surface area contributed by atoms with Crippen LogP contribution in [0.25, 0.3) is 0 Å². The average Bonchev–Trinajstić information content (AvgIpc) is 2.79. The first-order valence-electron chi connectivity index (χ1n) is 11.1. The van der Waals surface area contributed by atoms with Crippen molar-refractivity contribution < 1.29 is 9.53 Å². The van der Waals surface area contributed by atoms with E-state index in [0.29, 0.717) is 18.7 Å². The van der Waals surface area contributed by atoms with Crippen LogP contribution in [-0.4, -0.2) is 55.0 Å². The van der Waals surface area contributed by atoms with Crippen molar-refractivity contribution in [2.75, 3.05) is 39.3 Å². The van der Waals surface area contributed by atoms with Crippen LogP contribution in [0.1, 0.15) is 49.2 Å². The Labute approximate surface area is 182 Å². The summed E-state index contributed by atoms with van der Waals surface area (Å²) in [6.07, 6.45) is 0. The number of nitrogens with one attached hydrogen (secondary N) is 1. The summed E-state index contributed by atoms with van der Waals surface area (Å²) in [4.78, 5) is 17.3. The normalized spacial score (nSPS) is 11.1. The van der Waals surface area contributed by atoms with Gasteiger partial charge in [0.25, 0.3) is 5.91 Å². The number of nitrogens with zero attached hydrogens (tertiary/aromatic N) is 2. The molecule has 5 nitrogen and oxygen atoms in total. The second-order valence-electron chi connectivity index (χ2n) is 7.32. The molecule has 1 N–H and O–H groups in total. The first-order chi connectivity index (χ1) is 14.6. The zero-order valence-electron chi connectivity index (χ0n) is 19.0. The molecular weight excluding hydrogens is 374 g/mol. The number of hydrogen-bond acceptors (Lipinski definition) is 4. The van der Waals surface area contributed by atoms with E-state index in [1.807, 2.05) is 48.5 Å². The molecule has 0 aliphatic heterocycles. The molecule has 0 fully saturated rings. The lowest BCUT2D eigenvalue weighted by Gasteiger charge is -2.19. The lowest BCUT2D eigenvalue weighted by molar-refractivity contribution is 0.0950. The largest absolute Gasteiger partial charge is 0.492 e. The lowest BCUT2D eigenvalue weighted by Crippen LogP contribution is -2.28. The van der Waals surface area contributed by atoms with Crippen LogP contribution in [0.15, 0.2) is 48.5 Å².